The summed E-state index contributed by atoms with van der Waals surface area (Å²) in [6.07, 6.45) is 2.44. The minimum atomic E-state index is -0.850. The number of aromatic nitrogens is 2. The van der Waals surface area contributed by atoms with Crippen LogP contribution in [0, 0.1) is 18.8 Å². The van der Waals surface area contributed by atoms with E-state index in [9.17, 15) is 14.7 Å². The van der Waals surface area contributed by atoms with Crippen molar-refractivity contribution in [3.63, 3.8) is 0 Å². The Bertz CT molecular complexity index is 786. The van der Waals surface area contributed by atoms with E-state index in [0.29, 0.717) is 18.7 Å². The normalized spacial score (nSPS) is 20.3. The van der Waals surface area contributed by atoms with E-state index >= 15 is 0 Å². The highest BCUT2D eigenvalue weighted by atomic mass is 16.4. The zero-order valence-electron chi connectivity index (χ0n) is 14.3. The van der Waals surface area contributed by atoms with Crippen LogP contribution in [0.3, 0.4) is 0 Å². The van der Waals surface area contributed by atoms with Gasteiger partial charge >= 0.3 is 12.0 Å². The average Bonchev–Trinajstić information content (AvgIpc) is 3.01. The minimum absolute atomic E-state index is 0.157. The lowest BCUT2D eigenvalue weighted by Crippen LogP contribution is -2.47. The molecule has 1 aliphatic heterocycles. The maximum atomic E-state index is 12.7. The standard InChI is InChI=1S/C18H22N4O3/c1-12-9-14(17(23)24)11-21(10-12)18(25)19-15-5-3-4-6-16(15)22-8-7-13(2)20-22/h3-8,12,14H,9-11H2,1-2H3,(H,19,25)(H,23,24). The molecule has 0 saturated carbocycles. The number of urea groups is 1. The molecule has 1 saturated heterocycles. The van der Waals surface area contributed by atoms with Crippen LogP contribution in [0.25, 0.3) is 5.69 Å². The number of para-hydroxylation sites is 2. The quantitative estimate of drug-likeness (QED) is 0.898. The van der Waals surface area contributed by atoms with Crippen LogP contribution in [0.4, 0.5) is 10.5 Å². The molecule has 132 valence electrons. The molecular weight excluding hydrogens is 320 g/mol. The van der Waals surface area contributed by atoms with Crippen LogP contribution < -0.4 is 5.32 Å². The third-order valence-electron chi connectivity index (χ3n) is 4.41. The highest BCUT2D eigenvalue weighted by Crippen LogP contribution is 2.24. The van der Waals surface area contributed by atoms with Crippen molar-refractivity contribution in [3.05, 3.63) is 42.2 Å². The predicted molar refractivity (Wildman–Crippen MR) is 93.8 cm³/mol. The van der Waals surface area contributed by atoms with Gasteiger partial charge in [-0.05, 0) is 37.5 Å². The van der Waals surface area contributed by atoms with Crippen LogP contribution in [0.5, 0.6) is 0 Å². The predicted octanol–water partition coefficient (Wildman–Crippen LogP) is 2.76. The number of aliphatic carboxylic acids is 1. The van der Waals surface area contributed by atoms with Gasteiger partial charge in [0.15, 0.2) is 0 Å². The second kappa shape index (κ2) is 6.96. The van der Waals surface area contributed by atoms with Crippen molar-refractivity contribution >= 4 is 17.7 Å². The molecule has 2 unspecified atom stereocenters. The lowest BCUT2D eigenvalue weighted by Gasteiger charge is -2.34. The molecule has 0 spiro atoms. The molecule has 1 aromatic carbocycles. The van der Waals surface area contributed by atoms with Crippen molar-refractivity contribution in [1.29, 1.82) is 0 Å². The molecule has 2 aromatic rings. The second-order valence-corrected chi connectivity index (χ2v) is 6.63. The number of likely N-dealkylation sites (tertiary alicyclic amines) is 1. The Hall–Kier alpha value is -2.83. The Morgan fingerprint density at radius 3 is 2.68 bits per heavy atom. The zero-order valence-corrected chi connectivity index (χ0v) is 14.3. The topological polar surface area (TPSA) is 87.5 Å². The number of aryl methyl sites for hydroxylation is 1. The van der Waals surface area contributed by atoms with Gasteiger partial charge in [-0.1, -0.05) is 19.1 Å². The van der Waals surface area contributed by atoms with E-state index in [2.05, 4.69) is 10.4 Å². The van der Waals surface area contributed by atoms with Crippen molar-refractivity contribution < 1.29 is 14.7 Å². The first-order chi connectivity index (χ1) is 11.9. The Labute approximate surface area is 146 Å². The molecule has 2 N–H and O–H groups in total. The Morgan fingerprint density at radius 1 is 1.24 bits per heavy atom. The van der Waals surface area contributed by atoms with E-state index in [1.165, 1.54) is 0 Å². The van der Waals surface area contributed by atoms with E-state index in [0.717, 1.165) is 11.4 Å². The smallest absolute Gasteiger partial charge is 0.321 e. The van der Waals surface area contributed by atoms with E-state index in [1.807, 2.05) is 50.4 Å². The number of rotatable bonds is 3. The van der Waals surface area contributed by atoms with Gasteiger partial charge in [0.1, 0.15) is 0 Å². The summed E-state index contributed by atoms with van der Waals surface area (Å²) in [5.41, 5.74) is 2.29. The molecule has 0 bridgehead atoms. The maximum Gasteiger partial charge on any atom is 0.321 e. The second-order valence-electron chi connectivity index (χ2n) is 6.63. The number of carboxylic acid groups (broad SMARTS) is 1. The van der Waals surface area contributed by atoms with Crippen molar-refractivity contribution in [2.45, 2.75) is 20.3 Å². The van der Waals surface area contributed by atoms with Crippen molar-refractivity contribution in [3.8, 4) is 5.69 Å². The number of carboxylic acids is 1. The van der Waals surface area contributed by atoms with Crippen LogP contribution in [0.2, 0.25) is 0 Å². The number of nitrogens with one attached hydrogen (secondary N) is 1. The number of carbonyl (C=O) groups excluding carboxylic acids is 1. The molecule has 7 nitrogen and oxygen atoms in total. The first-order valence-electron chi connectivity index (χ1n) is 8.34. The van der Waals surface area contributed by atoms with Crippen molar-refractivity contribution in [2.75, 3.05) is 18.4 Å². The molecular formula is C18H22N4O3. The maximum absolute atomic E-state index is 12.7. The first kappa shape index (κ1) is 17.0. The summed E-state index contributed by atoms with van der Waals surface area (Å²) in [5.74, 6) is -1.21. The molecule has 1 aromatic heterocycles. The van der Waals surface area contributed by atoms with Crippen LogP contribution >= 0.6 is 0 Å². The van der Waals surface area contributed by atoms with Crippen molar-refractivity contribution in [2.24, 2.45) is 11.8 Å². The fourth-order valence-electron chi connectivity index (χ4n) is 3.22. The first-order valence-corrected chi connectivity index (χ1v) is 8.34. The van der Waals surface area contributed by atoms with E-state index in [4.69, 9.17) is 0 Å². The molecule has 1 fully saturated rings. The molecule has 0 aliphatic carbocycles. The van der Waals surface area contributed by atoms with E-state index in [-0.39, 0.29) is 18.5 Å². The summed E-state index contributed by atoms with van der Waals surface area (Å²) in [5, 5.41) is 16.6. The molecule has 1 aliphatic rings. The van der Waals surface area contributed by atoms with Gasteiger partial charge < -0.3 is 15.3 Å². The van der Waals surface area contributed by atoms with Gasteiger partial charge in [-0.25, -0.2) is 9.48 Å². The molecule has 0 radical (unpaired) electrons. The van der Waals surface area contributed by atoms with Crippen LogP contribution in [0.1, 0.15) is 19.0 Å². The van der Waals surface area contributed by atoms with Gasteiger partial charge in [-0.3, -0.25) is 4.79 Å². The molecule has 2 heterocycles. The Morgan fingerprint density at radius 2 is 2.00 bits per heavy atom. The zero-order chi connectivity index (χ0) is 18.0. The lowest BCUT2D eigenvalue weighted by molar-refractivity contribution is -0.143. The minimum Gasteiger partial charge on any atom is -0.481 e. The fraction of sp³-hybridized carbons (Fsp3) is 0.389. The van der Waals surface area contributed by atoms with Gasteiger partial charge in [-0.15, -0.1) is 0 Å². The van der Waals surface area contributed by atoms with Gasteiger partial charge in [0, 0.05) is 19.3 Å². The third kappa shape index (κ3) is 3.81. The van der Waals surface area contributed by atoms with Crippen molar-refractivity contribution in [1.82, 2.24) is 14.7 Å². The molecule has 25 heavy (non-hydrogen) atoms. The number of anilines is 1. The average molecular weight is 342 g/mol. The van der Waals surface area contributed by atoms with Gasteiger partial charge in [0.25, 0.3) is 0 Å². The summed E-state index contributed by atoms with van der Waals surface area (Å²) < 4.78 is 1.71. The van der Waals surface area contributed by atoms with Gasteiger partial charge in [0.2, 0.25) is 0 Å². The number of hydrogen-bond acceptors (Lipinski definition) is 3. The summed E-state index contributed by atoms with van der Waals surface area (Å²) in [6.45, 7) is 4.65. The number of piperidine rings is 1. The molecule has 2 atom stereocenters. The summed E-state index contributed by atoms with van der Waals surface area (Å²) in [6, 6.07) is 9.02. The van der Waals surface area contributed by atoms with Crippen LogP contribution in [0.15, 0.2) is 36.5 Å². The summed E-state index contributed by atoms with van der Waals surface area (Å²) in [4.78, 5) is 25.5. The van der Waals surface area contributed by atoms with Crippen LogP contribution in [-0.4, -0.2) is 44.9 Å². The van der Waals surface area contributed by atoms with Gasteiger partial charge in [-0.2, -0.15) is 5.10 Å². The number of benzene rings is 1. The number of nitrogens with zero attached hydrogens (tertiary/aromatic N) is 3. The SMILES string of the molecule is Cc1ccn(-c2ccccc2NC(=O)N2CC(C)CC(C(=O)O)C2)n1. The monoisotopic (exact) mass is 342 g/mol. The Balaban J connectivity index is 1.78. The lowest BCUT2D eigenvalue weighted by atomic mass is 9.91. The molecule has 7 heteroatoms. The molecule has 3 rings (SSSR count). The number of amides is 2. The molecule has 2 amide bonds. The number of hydrogen-bond donors (Lipinski definition) is 2. The summed E-state index contributed by atoms with van der Waals surface area (Å²) in [7, 11) is 0. The highest BCUT2D eigenvalue weighted by molar-refractivity contribution is 5.92. The number of carbonyl (C=O) groups is 2. The largest absolute Gasteiger partial charge is 0.481 e. The Kier molecular flexibility index (Phi) is 4.74. The highest BCUT2D eigenvalue weighted by Gasteiger charge is 2.32. The van der Waals surface area contributed by atoms with E-state index in [1.54, 1.807) is 9.58 Å². The third-order valence-corrected chi connectivity index (χ3v) is 4.41. The van der Waals surface area contributed by atoms with E-state index < -0.39 is 11.9 Å². The van der Waals surface area contributed by atoms with Gasteiger partial charge in [0.05, 0.1) is 23.0 Å². The summed E-state index contributed by atoms with van der Waals surface area (Å²) >= 11 is 0. The van der Waals surface area contributed by atoms with Crippen LogP contribution in [-0.2, 0) is 4.79 Å². The fourth-order valence-corrected chi connectivity index (χ4v) is 3.22.